The maximum Gasteiger partial charge on any atom is 0.271 e. The van der Waals surface area contributed by atoms with Crippen LogP contribution in [0, 0.1) is 11.6 Å². The van der Waals surface area contributed by atoms with Crippen molar-refractivity contribution in [2.75, 3.05) is 30.6 Å². The van der Waals surface area contributed by atoms with Gasteiger partial charge in [-0.15, -0.1) is 0 Å². The molecule has 13 heteroatoms. The number of halogens is 2. The fourth-order valence-corrected chi connectivity index (χ4v) is 6.42. The highest BCUT2D eigenvalue weighted by molar-refractivity contribution is 7.92. The van der Waals surface area contributed by atoms with E-state index in [4.69, 9.17) is 4.42 Å². The van der Waals surface area contributed by atoms with Crippen LogP contribution in [0.1, 0.15) is 52.1 Å². The van der Waals surface area contributed by atoms with Crippen LogP contribution in [0.5, 0.6) is 0 Å². The van der Waals surface area contributed by atoms with Crippen molar-refractivity contribution in [3.05, 3.63) is 95.2 Å². The van der Waals surface area contributed by atoms with E-state index in [1.807, 2.05) is 0 Å². The van der Waals surface area contributed by atoms with E-state index < -0.39 is 21.7 Å². The van der Waals surface area contributed by atoms with Crippen molar-refractivity contribution in [2.24, 2.45) is 0 Å². The third kappa shape index (κ3) is 6.10. The topological polar surface area (TPSA) is 137 Å². The highest BCUT2D eigenvalue weighted by Crippen LogP contribution is 2.41. The quantitative estimate of drug-likeness (QED) is 0.192. The number of aromatic nitrogens is 2. The Hall–Kier alpha value is -5.04. The van der Waals surface area contributed by atoms with E-state index in [-0.39, 0.29) is 58.2 Å². The Morgan fingerprint density at radius 3 is 2.35 bits per heavy atom. The fourth-order valence-electron chi connectivity index (χ4n) is 5.77. The lowest BCUT2D eigenvalue weighted by molar-refractivity contribution is 0.0701. The molecule has 0 radical (unpaired) electrons. The van der Waals surface area contributed by atoms with E-state index in [0.29, 0.717) is 47.2 Å². The standard InChI is InChI=1S/C33H31F2N5O5S/c1-3-46(43,44)39-27-17-29-25(30(32(41)36-2)31(45-29)20-8-12-23(35)13-9-20)15-24(27)21-5-4-14-40(18-21)33(42)28-16-26(37-38-28)19-6-10-22(34)11-7-19/h6-13,15-17,21,39H,3-5,14,18H2,1-2H3,(H,36,41)(H,37,38). The van der Waals surface area contributed by atoms with Gasteiger partial charge < -0.3 is 14.6 Å². The minimum atomic E-state index is -3.71. The highest BCUT2D eigenvalue weighted by atomic mass is 32.2. The molecule has 1 fully saturated rings. The number of carbonyl (C=O) groups excluding carboxylic acids is 2. The zero-order valence-electron chi connectivity index (χ0n) is 25.1. The van der Waals surface area contributed by atoms with Crippen LogP contribution in [-0.2, 0) is 10.0 Å². The van der Waals surface area contributed by atoms with Crippen LogP contribution in [0.15, 0.2) is 71.1 Å². The predicted octanol–water partition coefficient (Wildman–Crippen LogP) is 5.91. The van der Waals surface area contributed by atoms with Gasteiger partial charge in [0, 0.05) is 48.6 Å². The van der Waals surface area contributed by atoms with Crippen molar-refractivity contribution in [3.8, 4) is 22.6 Å². The first-order valence-electron chi connectivity index (χ1n) is 14.8. The number of fused-ring (bicyclic) bond motifs is 1. The van der Waals surface area contributed by atoms with E-state index in [1.165, 1.54) is 50.4 Å². The fraction of sp³-hybridized carbons (Fsp3) is 0.242. The third-order valence-corrected chi connectivity index (χ3v) is 9.45. The van der Waals surface area contributed by atoms with Crippen LogP contribution in [0.3, 0.4) is 0 Å². The van der Waals surface area contributed by atoms with Gasteiger partial charge in [-0.25, -0.2) is 17.2 Å². The summed E-state index contributed by atoms with van der Waals surface area (Å²) in [4.78, 5) is 28.5. The molecule has 1 atom stereocenters. The van der Waals surface area contributed by atoms with E-state index >= 15 is 0 Å². The summed E-state index contributed by atoms with van der Waals surface area (Å²) in [6.45, 7) is 2.27. The minimum Gasteiger partial charge on any atom is -0.455 e. The molecular weight excluding hydrogens is 616 g/mol. The Balaban J connectivity index is 1.39. The number of furan rings is 1. The normalized spacial score (nSPS) is 15.2. The molecule has 1 aliphatic heterocycles. The second-order valence-electron chi connectivity index (χ2n) is 11.1. The van der Waals surface area contributed by atoms with Crippen molar-refractivity contribution >= 4 is 38.5 Å². The van der Waals surface area contributed by atoms with Crippen LogP contribution in [0.25, 0.3) is 33.6 Å². The van der Waals surface area contributed by atoms with Crippen molar-refractivity contribution < 1.29 is 31.2 Å². The van der Waals surface area contributed by atoms with Gasteiger partial charge in [0.25, 0.3) is 11.8 Å². The predicted molar refractivity (Wildman–Crippen MR) is 170 cm³/mol. The maximum atomic E-state index is 13.7. The molecule has 3 aromatic carbocycles. The molecule has 6 rings (SSSR count). The second-order valence-corrected chi connectivity index (χ2v) is 13.1. The Bertz CT molecular complexity index is 2040. The number of likely N-dealkylation sites (tertiary alicyclic amines) is 1. The molecule has 1 aliphatic rings. The first-order valence-corrected chi connectivity index (χ1v) is 16.4. The molecule has 1 unspecified atom stereocenters. The first-order chi connectivity index (χ1) is 22.1. The molecule has 2 amide bonds. The number of anilines is 1. The van der Waals surface area contributed by atoms with Gasteiger partial charge in [0.05, 0.1) is 22.7 Å². The molecule has 2 aromatic heterocycles. The van der Waals surface area contributed by atoms with Crippen molar-refractivity contribution in [1.29, 1.82) is 0 Å². The summed E-state index contributed by atoms with van der Waals surface area (Å²) in [5.41, 5.74) is 3.28. The van der Waals surface area contributed by atoms with Gasteiger partial charge in [-0.2, -0.15) is 5.10 Å². The lowest BCUT2D eigenvalue weighted by atomic mass is 9.88. The van der Waals surface area contributed by atoms with E-state index in [1.54, 1.807) is 35.2 Å². The summed E-state index contributed by atoms with van der Waals surface area (Å²) < 4.78 is 61.4. The van der Waals surface area contributed by atoms with Gasteiger partial charge in [0.2, 0.25) is 10.0 Å². The van der Waals surface area contributed by atoms with Crippen LogP contribution in [0.2, 0.25) is 0 Å². The van der Waals surface area contributed by atoms with Gasteiger partial charge in [-0.05, 0) is 86.0 Å². The number of aromatic amines is 1. The summed E-state index contributed by atoms with van der Waals surface area (Å²) in [5, 5.41) is 10.1. The number of rotatable bonds is 8. The molecule has 0 spiro atoms. The van der Waals surface area contributed by atoms with Crippen LogP contribution in [-0.4, -0.2) is 61.2 Å². The molecule has 0 bridgehead atoms. The van der Waals surface area contributed by atoms with Gasteiger partial charge in [0.15, 0.2) is 0 Å². The molecular formula is C33H31F2N5O5S. The Kier molecular flexibility index (Phi) is 8.34. The molecule has 3 heterocycles. The lowest BCUT2D eigenvalue weighted by Gasteiger charge is -2.33. The Morgan fingerprint density at radius 1 is 1.02 bits per heavy atom. The van der Waals surface area contributed by atoms with Crippen molar-refractivity contribution in [1.82, 2.24) is 20.4 Å². The zero-order valence-corrected chi connectivity index (χ0v) is 25.9. The molecule has 3 N–H and O–H groups in total. The largest absolute Gasteiger partial charge is 0.455 e. The number of H-pyrrole nitrogens is 1. The summed E-state index contributed by atoms with van der Waals surface area (Å²) in [7, 11) is -2.22. The number of sulfonamides is 1. The minimum absolute atomic E-state index is 0.168. The number of hydrogen-bond donors (Lipinski definition) is 3. The number of benzene rings is 3. The van der Waals surface area contributed by atoms with Gasteiger partial charge in [0.1, 0.15) is 28.7 Å². The number of piperidine rings is 1. The summed E-state index contributed by atoms with van der Waals surface area (Å²) in [6.07, 6.45) is 1.29. The van der Waals surface area contributed by atoms with Crippen LogP contribution < -0.4 is 10.0 Å². The average Bonchev–Trinajstić information content (AvgIpc) is 3.70. The van der Waals surface area contributed by atoms with E-state index in [9.17, 15) is 26.8 Å². The highest BCUT2D eigenvalue weighted by Gasteiger charge is 2.31. The summed E-state index contributed by atoms with van der Waals surface area (Å²) >= 11 is 0. The molecule has 0 saturated carbocycles. The molecule has 0 aliphatic carbocycles. The zero-order chi connectivity index (χ0) is 32.6. The average molecular weight is 648 g/mol. The number of hydrogen-bond acceptors (Lipinski definition) is 6. The van der Waals surface area contributed by atoms with Crippen molar-refractivity contribution in [3.63, 3.8) is 0 Å². The molecule has 1 saturated heterocycles. The smallest absolute Gasteiger partial charge is 0.271 e. The van der Waals surface area contributed by atoms with Crippen molar-refractivity contribution in [2.45, 2.75) is 25.7 Å². The monoisotopic (exact) mass is 647 g/mol. The SMILES string of the molecule is CCS(=O)(=O)Nc1cc2oc(-c3ccc(F)cc3)c(C(=O)NC)c2cc1C1CCCN(C(=O)c2cc(-c3ccc(F)cc3)n[nH]2)C1. The molecule has 5 aromatic rings. The second kappa shape index (κ2) is 12.4. The van der Waals surface area contributed by atoms with E-state index in [0.717, 1.165) is 0 Å². The number of nitrogens with zero attached hydrogens (tertiary/aromatic N) is 2. The first kappa shape index (κ1) is 31.0. The number of nitrogens with one attached hydrogen (secondary N) is 3. The molecule has 238 valence electrons. The van der Waals surface area contributed by atoms with Gasteiger partial charge >= 0.3 is 0 Å². The van der Waals surface area contributed by atoms with Crippen LogP contribution >= 0.6 is 0 Å². The molecule has 46 heavy (non-hydrogen) atoms. The maximum absolute atomic E-state index is 13.7. The van der Waals surface area contributed by atoms with Gasteiger partial charge in [-0.1, -0.05) is 0 Å². The van der Waals surface area contributed by atoms with E-state index in [2.05, 4.69) is 20.2 Å². The Labute approximate surface area is 263 Å². The summed E-state index contributed by atoms with van der Waals surface area (Å²) in [5.74, 6) is -1.78. The molecule has 10 nitrogen and oxygen atoms in total. The lowest BCUT2D eigenvalue weighted by Crippen LogP contribution is -2.39. The van der Waals surface area contributed by atoms with Crippen LogP contribution in [0.4, 0.5) is 14.5 Å². The number of carbonyl (C=O) groups is 2. The number of amides is 2. The van der Waals surface area contributed by atoms with Gasteiger partial charge in [-0.3, -0.25) is 19.4 Å². The third-order valence-electron chi connectivity index (χ3n) is 8.16. The Morgan fingerprint density at radius 2 is 1.70 bits per heavy atom. The summed E-state index contributed by atoms with van der Waals surface area (Å²) in [6, 6.07) is 16.2.